The number of hydrogen-bond donors (Lipinski definition) is 0. The summed E-state index contributed by atoms with van der Waals surface area (Å²) in [7, 11) is 1.65. The van der Waals surface area contributed by atoms with Crippen LogP contribution in [0.1, 0.15) is 5.56 Å². The van der Waals surface area contributed by atoms with Crippen molar-refractivity contribution >= 4 is 11.6 Å². The number of hydrogen-bond acceptors (Lipinski definition) is 3. The lowest BCUT2D eigenvalue weighted by atomic mass is 10.1. The number of halogens is 1. The third-order valence-corrected chi connectivity index (χ3v) is 2.49. The molecule has 2 aromatic rings. The van der Waals surface area contributed by atoms with Gasteiger partial charge in [-0.05, 0) is 30.7 Å². The Hall–Kier alpha value is -1.61. The van der Waals surface area contributed by atoms with E-state index in [1.807, 2.05) is 25.1 Å². The monoisotopic (exact) mass is 234 g/mol. The predicted molar refractivity (Wildman–Crippen MR) is 63.8 cm³/mol. The fourth-order valence-corrected chi connectivity index (χ4v) is 1.56. The molecule has 0 unspecified atom stereocenters. The molecule has 0 aliphatic carbocycles. The third-order valence-electron chi connectivity index (χ3n) is 2.29. The molecular formula is C12H11ClN2O. The molecule has 1 heterocycles. The first-order valence-electron chi connectivity index (χ1n) is 4.83. The van der Waals surface area contributed by atoms with Crippen molar-refractivity contribution in [3.05, 3.63) is 41.2 Å². The molecule has 82 valence electrons. The van der Waals surface area contributed by atoms with Crippen LogP contribution < -0.4 is 4.74 Å². The minimum atomic E-state index is 0.537. The first kappa shape index (κ1) is 10.9. The molecule has 0 saturated heterocycles. The molecule has 0 aliphatic rings. The van der Waals surface area contributed by atoms with Crippen LogP contribution in [0.4, 0.5) is 0 Å². The Bertz CT molecular complexity index is 497. The smallest absolute Gasteiger partial charge is 0.159 e. The number of aryl methyl sites for hydroxylation is 1. The zero-order valence-corrected chi connectivity index (χ0v) is 9.82. The van der Waals surface area contributed by atoms with Crippen molar-refractivity contribution in [3.8, 4) is 17.1 Å². The summed E-state index contributed by atoms with van der Waals surface area (Å²) in [5.41, 5.74) is 2.05. The van der Waals surface area contributed by atoms with E-state index in [4.69, 9.17) is 16.3 Å². The van der Waals surface area contributed by atoms with Gasteiger partial charge in [0, 0.05) is 18.0 Å². The highest BCUT2D eigenvalue weighted by molar-refractivity contribution is 6.30. The highest BCUT2D eigenvalue weighted by Crippen LogP contribution is 2.24. The summed E-state index contributed by atoms with van der Waals surface area (Å²) in [5.74, 6) is 1.50. The second-order valence-corrected chi connectivity index (χ2v) is 3.84. The maximum Gasteiger partial charge on any atom is 0.159 e. The van der Waals surface area contributed by atoms with E-state index in [-0.39, 0.29) is 0 Å². The normalized spacial score (nSPS) is 10.2. The molecule has 0 spiro atoms. The van der Waals surface area contributed by atoms with E-state index in [1.54, 1.807) is 19.5 Å². The van der Waals surface area contributed by atoms with Crippen LogP contribution in [0.3, 0.4) is 0 Å². The van der Waals surface area contributed by atoms with E-state index in [0.717, 1.165) is 16.9 Å². The van der Waals surface area contributed by atoms with Crippen molar-refractivity contribution in [1.29, 1.82) is 0 Å². The maximum absolute atomic E-state index is 5.74. The van der Waals surface area contributed by atoms with Crippen LogP contribution in [0.25, 0.3) is 11.4 Å². The van der Waals surface area contributed by atoms with Crippen LogP contribution >= 0.6 is 11.6 Å². The van der Waals surface area contributed by atoms with Crippen LogP contribution in [0, 0.1) is 6.92 Å². The van der Waals surface area contributed by atoms with Crippen LogP contribution in [-0.2, 0) is 0 Å². The molecule has 16 heavy (non-hydrogen) atoms. The molecular weight excluding hydrogens is 224 g/mol. The van der Waals surface area contributed by atoms with Gasteiger partial charge >= 0.3 is 0 Å². The lowest BCUT2D eigenvalue weighted by Crippen LogP contribution is -1.91. The van der Waals surface area contributed by atoms with Gasteiger partial charge in [0.1, 0.15) is 5.75 Å². The van der Waals surface area contributed by atoms with Gasteiger partial charge in [0.25, 0.3) is 0 Å². The van der Waals surface area contributed by atoms with Gasteiger partial charge in [0.2, 0.25) is 0 Å². The average molecular weight is 235 g/mol. The van der Waals surface area contributed by atoms with Crippen molar-refractivity contribution in [1.82, 2.24) is 9.97 Å². The number of methoxy groups -OCH3 is 1. The molecule has 1 aromatic carbocycles. The van der Waals surface area contributed by atoms with E-state index < -0.39 is 0 Å². The SMILES string of the molecule is COc1ccc(-c2ncc(Cl)cn2)c(C)c1. The van der Waals surface area contributed by atoms with Gasteiger partial charge in [-0.3, -0.25) is 0 Å². The summed E-state index contributed by atoms with van der Waals surface area (Å²) in [4.78, 5) is 8.36. The Morgan fingerprint density at radius 2 is 1.88 bits per heavy atom. The van der Waals surface area contributed by atoms with Crippen molar-refractivity contribution in [2.45, 2.75) is 6.92 Å². The maximum atomic E-state index is 5.74. The summed E-state index contributed by atoms with van der Waals surface area (Å²) in [6.45, 7) is 2.00. The quantitative estimate of drug-likeness (QED) is 0.801. The van der Waals surface area contributed by atoms with Gasteiger partial charge in [-0.1, -0.05) is 11.6 Å². The molecule has 2 rings (SSSR count). The summed E-state index contributed by atoms with van der Waals surface area (Å²) < 4.78 is 5.14. The van der Waals surface area contributed by atoms with Crippen LogP contribution in [0.2, 0.25) is 5.02 Å². The summed E-state index contributed by atoms with van der Waals surface area (Å²) >= 11 is 5.74. The molecule has 0 atom stereocenters. The summed E-state index contributed by atoms with van der Waals surface area (Å²) in [5, 5.41) is 0.537. The second kappa shape index (κ2) is 4.49. The first-order valence-corrected chi connectivity index (χ1v) is 5.21. The second-order valence-electron chi connectivity index (χ2n) is 3.41. The van der Waals surface area contributed by atoms with Gasteiger partial charge in [-0.25, -0.2) is 9.97 Å². The van der Waals surface area contributed by atoms with Crippen LogP contribution in [0.5, 0.6) is 5.75 Å². The van der Waals surface area contributed by atoms with Gasteiger partial charge in [0.05, 0.1) is 12.1 Å². The van der Waals surface area contributed by atoms with Gasteiger partial charge in [0.15, 0.2) is 5.82 Å². The Labute approximate surface area is 99.1 Å². The molecule has 3 nitrogen and oxygen atoms in total. The number of rotatable bonds is 2. The van der Waals surface area contributed by atoms with Crippen LogP contribution in [0.15, 0.2) is 30.6 Å². The van der Waals surface area contributed by atoms with Crippen molar-refractivity contribution in [3.63, 3.8) is 0 Å². The van der Waals surface area contributed by atoms with Gasteiger partial charge < -0.3 is 4.74 Å². The van der Waals surface area contributed by atoms with E-state index in [1.165, 1.54) is 0 Å². The topological polar surface area (TPSA) is 35.0 Å². The fraction of sp³-hybridized carbons (Fsp3) is 0.167. The lowest BCUT2D eigenvalue weighted by Gasteiger charge is -2.06. The van der Waals surface area contributed by atoms with Gasteiger partial charge in [-0.2, -0.15) is 0 Å². The largest absolute Gasteiger partial charge is 0.497 e. The minimum absolute atomic E-state index is 0.537. The number of benzene rings is 1. The van der Waals surface area contributed by atoms with Gasteiger partial charge in [-0.15, -0.1) is 0 Å². The summed E-state index contributed by atoms with van der Waals surface area (Å²) in [6, 6.07) is 5.78. The molecule has 0 fully saturated rings. The zero-order chi connectivity index (χ0) is 11.5. The molecule has 1 aromatic heterocycles. The minimum Gasteiger partial charge on any atom is -0.497 e. The molecule has 0 aliphatic heterocycles. The van der Waals surface area contributed by atoms with Crippen molar-refractivity contribution in [2.75, 3.05) is 7.11 Å². The Morgan fingerprint density at radius 1 is 1.19 bits per heavy atom. The standard InChI is InChI=1S/C12H11ClN2O/c1-8-5-10(16-2)3-4-11(8)12-14-6-9(13)7-15-12/h3-7H,1-2H3. The molecule has 0 radical (unpaired) electrons. The van der Waals surface area contributed by atoms with E-state index in [2.05, 4.69) is 9.97 Å². The van der Waals surface area contributed by atoms with E-state index in [9.17, 15) is 0 Å². The fourth-order valence-electron chi connectivity index (χ4n) is 1.47. The molecule has 0 amide bonds. The molecule has 0 N–H and O–H groups in total. The Kier molecular flexibility index (Phi) is 3.06. The lowest BCUT2D eigenvalue weighted by molar-refractivity contribution is 0.414. The van der Waals surface area contributed by atoms with Crippen LogP contribution in [-0.4, -0.2) is 17.1 Å². The molecule has 4 heteroatoms. The van der Waals surface area contributed by atoms with Crippen molar-refractivity contribution in [2.24, 2.45) is 0 Å². The Balaban J connectivity index is 2.44. The highest BCUT2D eigenvalue weighted by Gasteiger charge is 2.05. The first-order chi connectivity index (χ1) is 7.70. The number of nitrogens with zero attached hydrogens (tertiary/aromatic N) is 2. The number of ether oxygens (including phenoxy) is 1. The summed E-state index contributed by atoms with van der Waals surface area (Å²) in [6.07, 6.45) is 3.18. The highest BCUT2D eigenvalue weighted by atomic mass is 35.5. The third kappa shape index (κ3) is 2.14. The predicted octanol–water partition coefficient (Wildman–Crippen LogP) is 3.11. The van der Waals surface area contributed by atoms with E-state index >= 15 is 0 Å². The van der Waals surface area contributed by atoms with Crippen molar-refractivity contribution < 1.29 is 4.74 Å². The van der Waals surface area contributed by atoms with E-state index in [0.29, 0.717) is 10.8 Å². The molecule has 0 saturated carbocycles. The average Bonchev–Trinajstić information content (AvgIpc) is 2.30. The molecule has 0 bridgehead atoms. The Morgan fingerprint density at radius 3 is 2.44 bits per heavy atom. The number of aromatic nitrogens is 2. The zero-order valence-electron chi connectivity index (χ0n) is 9.07.